The molecule has 20 heavy (non-hydrogen) atoms. The van der Waals surface area contributed by atoms with Crippen molar-refractivity contribution in [2.24, 2.45) is 0 Å². The van der Waals surface area contributed by atoms with Gasteiger partial charge >= 0.3 is 0 Å². The number of hydrogen-bond donors (Lipinski definition) is 1. The number of hydrogen-bond acceptors (Lipinski definition) is 3. The molecule has 1 aromatic carbocycles. The molecule has 2 aromatic rings. The Labute approximate surface area is 127 Å². The van der Waals surface area contributed by atoms with Crippen molar-refractivity contribution < 1.29 is 4.39 Å². The molecule has 1 N–H and O–H groups in total. The second-order valence-corrected chi connectivity index (χ2v) is 6.15. The van der Waals surface area contributed by atoms with E-state index in [1.165, 1.54) is 17.8 Å². The van der Waals surface area contributed by atoms with Crippen LogP contribution in [0.2, 0.25) is 5.02 Å². The number of aromatic nitrogens is 1. The van der Waals surface area contributed by atoms with Gasteiger partial charge in [-0.2, -0.15) is 0 Å². The second kappa shape index (κ2) is 7.07. The van der Waals surface area contributed by atoms with Crippen LogP contribution in [0.15, 0.2) is 46.5 Å². The van der Waals surface area contributed by atoms with Gasteiger partial charge in [-0.05, 0) is 23.8 Å². The maximum Gasteiger partial charge on any atom is 0.137 e. The molecule has 0 aliphatic rings. The van der Waals surface area contributed by atoms with E-state index in [0.717, 1.165) is 10.6 Å². The van der Waals surface area contributed by atoms with Crippen LogP contribution in [0.5, 0.6) is 0 Å². The van der Waals surface area contributed by atoms with E-state index in [0.29, 0.717) is 22.5 Å². The first kappa shape index (κ1) is 15.3. The quantitative estimate of drug-likeness (QED) is 0.878. The molecule has 0 aliphatic carbocycles. The van der Waals surface area contributed by atoms with Crippen molar-refractivity contribution in [2.75, 3.05) is 0 Å². The van der Waals surface area contributed by atoms with Crippen molar-refractivity contribution in [3.05, 3.63) is 52.9 Å². The van der Waals surface area contributed by atoms with Crippen LogP contribution in [0.25, 0.3) is 0 Å². The van der Waals surface area contributed by atoms with Crippen molar-refractivity contribution in [2.45, 2.75) is 36.4 Å². The summed E-state index contributed by atoms with van der Waals surface area (Å²) in [5.41, 5.74) is 0.931. The molecule has 0 aliphatic heterocycles. The molecule has 0 saturated carbocycles. The van der Waals surface area contributed by atoms with E-state index < -0.39 is 0 Å². The van der Waals surface area contributed by atoms with Crippen LogP contribution in [0, 0.1) is 5.82 Å². The summed E-state index contributed by atoms with van der Waals surface area (Å²) in [5.74, 6) is -0.227. The third-order valence-electron chi connectivity index (χ3n) is 2.66. The first-order chi connectivity index (χ1) is 9.56. The number of nitrogens with one attached hydrogen (secondary N) is 1. The van der Waals surface area contributed by atoms with E-state index in [1.807, 2.05) is 6.07 Å². The molecule has 0 spiro atoms. The van der Waals surface area contributed by atoms with Gasteiger partial charge in [0.2, 0.25) is 0 Å². The molecule has 1 aromatic heterocycles. The summed E-state index contributed by atoms with van der Waals surface area (Å²) in [7, 11) is 0. The molecule has 0 fully saturated rings. The van der Waals surface area contributed by atoms with Crippen LogP contribution in [0.3, 0.4) is 0 Å². The van der Waals surface area contributed by atoms with E-state index in [4.69, 9.17) is 11.6 Å². The van der Waals surface area contributed by atoms with Gasteiger partial charge in [-0.3, -0.25) is 0 Å². The molecule has 0 bridgehead atoms. The van der Waals surface area contributed by atoms with Gasteiger partial charge in [-0.15, -0.1) is 0 Å². The molecular weight excluding hydrogens is 295 g/mol. The largest absolute Gasteiger partial charge is 0.310 e. The van der Waals surface area contributed by atoms with Crippen LogP contribution in [-0.2, 0) is 6.54 Å². The highest BCUT2D eigenvalue weighted by Crippen LogP contribution is 2.32. The zero-order valence-corrected chi connectivity index (χ0v) is 12.9. The summed E-state index contributed by atoms with van der Waals surface area (Å²) >= 11 is 7.12. The smallest absolute Gasteiger partial charge is 0.137 e. The number of rotatable bonds is 5. The first-order valence-electron chi connectivity index (χ1n) is 6.36. The van der Waals surface area contributed by atoms with Gasteiger partial charge in [0.15, 0.2) is 0 Å². The van der Waals surface area contributed by atoms with E-state index in [9.17, 15) is 4.39 Å². The van der Waals surface area contributed by atoms with Crippen LogP contribution < -0.4 is 5.32 Å². The highest BCUT2D eigenvalue weighted by molar-refractivity contribution is 7.99. The van der Waals surface area contributed by atoms with E-state index >= 15 is 0 Å². The summed E-state index contributed by atoms with van der Waals surface area (Å²) in [6, 6.07) is 9.02. The summed E-state index contributed by atoms with van der Waals surface area (Å²) in [6.07, 6.45) is 1.57. The topological polar surface area (TPSA) is 24.9 Å². The number of benzene rings is 1. The fraction of sp³-hybridized carbons (Fsp3) is 0.267. The molecule has 0 radical (unpaired) electrons. The fourth-order valence-corrected chi connectivity index (χ4v) is 2.65. The first-order valence-corrected chi connectivity index (χ1v) is 7.56. The predicted octanol–water partition coefficient (Wildman–Crippen LogP) is 4.52. The number of pyridine rings is 1. The molecule has 0 atom stereocenters. The van der Waals surface area contributed by atoms with E-state index in [-0.39, 0.29) is 5.82 Å². The van der Waals surface area contributed by atoms with Crippen molar-refractivity contribution in [1.82, 2.24) is 10.3 Å². The summed E-state index contributed by atoms with van der Waals surface area (Å²) in [6.45, 7) is 4.76. The Morgan fingerprint density at radius 3 is 2.75 bits per heavy atom. The minimum atomic E-state index is -0.227. The maximum absolute atomic E-state index is 14.0. The minimum Gasteiger partial charge on any atom is -0.310 e. The Kier molecular flexibility index (Phi) is 5.40. The Balaban J connectivity index is 2.23. The van der Waals surface area contributed by atoms with Gasteiger partial charge in [0.1, 0.15) is 10.8 Å². The fourth-order valence-electron chi connectivity index (χ4n) is 1.65. The summed E-state index contributed by atoms with van der Waals surface area (Å²) in [4.78, 5) is 4.80. The van der Waals surface area contributed by atoms with Crippen molar-refractivity contribution in [3.8, 4) is 0 Å². The zero-order chi connectivity index (χ0) is 14.5. The SMILES string of the molecule is CC(C)NCc1cccc(F)c1Sc1ccc(Cl)cn1. The van der Waals surface area contributed by atoms with Gasteiger partial charge in [-0.25, -0.2) is 9.37 Å². The molecule has 1 heterocycles. The molecule has 2 rings (SSSR count). The monoisotopic (exact) mass is 310 g/mol. The lowest BCUT2D eigenvalue weighted by atomic mass is 10.2. The van der Waals surface area contributed by atoms with Crippen LogP contribution in [-0.4, -0.2) is 11.0 Å². The predicted molar refractivity (Wildman–Crippen MR) is 81.7 cm³/mol. The van der Waals surface area contributed by atoms with Crippen LogP contribution in [0.4, 0.5) is 4.39 Å². The number of halogens is 2. The molecule has 5 heteroatoms. The zero-order valence-electron chi connectivity index (χ0n) is 11.4. The summed E-state index contributed by atoms with van der Waals surface area (Å²) in [5, 5.41) is 4.60. The van der Waals surface area contributed by atoms with Crippen molar-refractivity contribution in [3.63, 3.8) is 0 Å². The van der Waals surface area contributed by atoms with Gasteiger partial charge in [0, 0.05) is 18.8 Å². The lowest BCUT2D eigenvalue weighted by molar-refractivity contribution is 0.564. The highest BCUT2D eigenvalue weighted by Gasteiger charge is 2.11. The minimum absolute atomic E-state index is 0.227. The normalized spacial score (nSPS) is 11.1. The highest BCUT2D eigenvalue weighted by atomic mass is 35.5. The Morgan fingerprint density at radius 2 is 2.10 bits per heavy atom. The van der Waals surface area contributed by atoms with Gasteiger partial charge in [-0.1, -0.05) is 49.3 Å². The third-order valence-corrected chi connectivity index (χ3v) is 3.99. The molecular formula is C15H16ClFN2S. The van der Waals surface area contributed by atoms with Gasteiger partial charge in [0.25, 0.3) is 0 Å². The van der Waals surface area contributed by atoms with Crippen molar-refractivity contribution in [1.29, 1.82) is 0 Å². The molecule has 2 nitrogen and oxygen atoms in total. The molecule has 106 valence electrons. The lowest BCUT2D eigenvalue weighted by Gasteiger charge is -2.12. The Morgan fingerprint density at radius 1 is 1.30 bits per heavy atom. The summed E-state index contributed by atoms with van der Waals surface area (Å²) < 4.78 is 14.0. The van der Waals surface area contributed by atoms with Crippen LogP contribution >= 0.6 is 23.4 Å². The van der Waals surface area contributed by atoms with Gasteiger partial charge in [0.05, 0.1) is 9.92 Å². The average molecular weight is 311 g/mol. The van der Waals surface area contributed by atoms with E-state index in [1.54, 1.807) is 24.4 Å². The lowest BCUT2D eigenvalue weighted by Crippen LogP contribution is -2.22. The standard InChI is InChI=1S/C15H16ClFN2S/c1-10(2)18-8-11-4-3-5-13(17)15(11)20-14-7-6-12(16)9-19-14/h3-7,9-10,18H,8H2,1-2H3. The van der Waals surface area contributed by atoms with Gasteiger partial charge < -0.3 is 5.32 Å². The average Bonchev–Trinajstić information content (AvgIpc) is 2.41. The molecule has 0 saturated heterocycles. The van der Waals surface area contributed by atoms with E-state index in [2.05, 4.69) is 24.1 Å². The Bertz CT molecular complexity index is 573. The van der Waals surface area contributed by atoms with Crippen LogP contribution in [0.1, 0.15) is 19.4 Å². The molecule has 0 unspecified atom stereocenters. The molecule has 0 amide bonds. The van der Waals surface area contributed by atoms with Crippen molar-refractivity contribution >= 4 is 23.4 Å². The second-order valence-electron chi connectivity index (χ2n) is 4.68. The Hall–Kier alpha value is -1.10. The number of nitrogens with zero attached hydrogens (tertiary/aromatic N) is 1. The maximum atomic E-state index is 14.0. The third kappa shape index (κ3) is 4.20.